The van der Waals surface area contributed by atoms with Crippen LogP contribution in [0.4, 0.5) is 13.2 Å². The lowest BCUT2D eigenvalue weighted by molar-refractivity contribution is -0.274. The van der Waals surface area contributed by atoms with Crippen LogP contribution in [0.5, 0.6) is 5.75 Å². The van der Waals surface area contributed by atoms with Crippen molar-refractivity contribution in [3.05, 3.63) is 71.1 Å². The molecule has 1 saturated heterocycles. The molecule has 0 radical (unpaired) electrons. The van der Waals surface area contributed by atoms with E-state index in [1.807, 2.05) is 18.2 Å². The molecule has 2 aromatic carbocycles. The molecule has 1 amide bonds. The first kappa shape index (κ1) is 23.8. The van der Waals surface area contributed by atoms with Crippen LogP contribution in [0.1, 0.15) is 24.0 Å². The number of alkyl halides is 3. The molecule has 172 valence electrons. The molecule has 0 unspecified atom stereocenters. The lowest BCUT2D eigenvalue weighted by Gasteiger charge is -2.29. The number of amides is 1. The van der Waals surface area contributed by atoms with Crippen molar-refractivity contribution in [3.8, 4) is 5.75 Å². The van der Waals surface area contributed by atoms with Gasteiger partial charge in [0.15, 0.2) is 0 Å². The third kappa shape index (κ3) is 7.10. The van der Waals surface area contributed by atoms with Gasteiger partial charge in [-0.3, -0.25) is 4.79 Å². The number of nitrogens with one attached hydrogen (secondary N) is 1. The van der Waals surface area contributed by atoms with Crippen molar-refractivity contribution in [2.24, 2.45) is 5.92 Å². The van der Waals surface area contributed by atoms with Gasteiger partial charge in [-0.25, -0.2) is 8.42 Å². The highest BCUT2D eigenvalue weighted by Gasteiger charge is 2.31. The zero-order valence-corrected chi connectivity index (χ0v) is 17.9. The summed E-state index contributed by atoms with van der Waals surface area (Å²) < 4.78 is 66.8. The maximum atomic E-state index is 12.5. The first-order chi connectivity index (χ1) is 15.1. The van der Waals surface area contributed by atoms with E-state index in [-0.39, 0.29) is 37.2 Å². The van der Waals surface area contributed by atoms with Gasteiger partial charge in [-0.15, -0.1) is 13.2 Å². The van der Waals surface area contributed by atoms with E-state index in [0.29, 0.717) is 18.4 Å². The predicted molar refractivity (Wildman–Crippen MR) is 114 cm³/mol. The number of hydrogen-bond donors (Lipinski definition) is 1. The maximum Gasteiger partial charge on any atom is 0.573 e. The normalized spacial score (nSPS) is 16.2. The first-order valence-electron chi connectivity index (χ1n) is 9.98. The van der Waals surface area contributed by atoms with E-state index >= 15 is 0 Å². The highest BCUT2D eigenvalue weighted by molar-refractivity contribution is 7.92. The molecule has 0 aliphatic carbocycles. The second-order valence-electron chi connectivity index (χ2n) is 7.34. The quantitative estimate of drug-likeness (QED) is 0.669. The summed E-state index contributed by atoms with van der Waals surface area (Å²) >= 11 is 0. The van der Waals surface area contributed by atoms with E-state index in [2.05, 4.69) is 10.1 Å². The van der Waals surface area contributed by atoms with Gasteiger partial charge in [0.05, 0.1) is 0 Å². The smallest absolute Gasteiger partial charge is 0.406 e. The number of carbonyl (C=O) groups is 1. The van der Waals surface area contributed by atoms with Crippen molar-refractivity contribution in [3.63, 3.8) is 0 Å². The van der Waals surface area contributed by atoms with E-state index < -0.39 is 16.4 Å². The zero-order chi connectivity index (χ0) is 23.2. The zero-order valence-electron chi connectivity index (χ0n) is 17.1. The lowest BCUT2D eigenvalue weighted by atomic mass is 9.97. The highest BCUT2D eigenvalue weighted by atomic mass is 32.2. The maximum absolute atomic E-state index is 12.5. The minimum absolute atomic E-state index is 0.156. The Morgan fingerprint density at radius 1 is 1.06 bits per heavy atom. The van der Waals surface area contributed by atoms with Crippen molar-refractivity contribution >= 4 is 22.0 Å². The highest BCUT2D eigenvalue weighted by Crippen LogP contribution is 2.23. The van der Waals surface area contributed by atoms with E-state index in [0.717, 1.165) is 5.56 Å². The summed E-state index contributed by atoms with van der Waals surface area (Å²) in [5.74, 6) is -0.868. The summed E-state index contributed by atoms with van der Waals surface area (Å²) in [6.07, 6.45) is -2.43. The number of benzene rings is 2. The third-order valence-corrected chi connectivity index (χ3v) is 6.61. The van der Waals surface area contributed by atoms with Crippen LogP contribution >= 0.6 is 0 Å². The van der Waals surface area contributed by atoms with Crippen molar-refractivity contribution in [2.45, 2.75) is 25.7 Å². The number of hydrogen-bond acceptors (Lipinski definition) is 4. The molecule has 32 heavy (non-hydrogen) atoms. The van der Waals surface area contributed by atoms with Gasteiger partial charge in [0, 0.05) is 31.0 Å². The molecule has 0 atom stereocenters. The van der Waals surface area contributed by atoms with Gasteiger partial charge in [0.2, 0.25) is 15.9 Å². The third-order valence-electron chi connectivity index (χ3n) is 5.04. The van der Waals surface area contributed by atoms with E-state index in [1.165, 1.54) is 34.0 Å². The molecule has 0 saturated carbocycles. The fourth-order valence-corrected chi connectivity index (χ4v) is 4.55. The number of halogens is 3. The van der Waals surface area contributed by atoms with Gasteiger partial charge in [-0.2, -0.15) is 4.31 Å². The Bertz CT molecular complexity index is 1030. The van der Waals surface area contributed by atoms with E-state index in [4.69, 9.17) is 0 Å². The Morgan fingerprint density at radius 3 is 2.28 bits per heavy atom. The molecule has 0 aromatic heterocycles. The molecule has 1 heterocycles. The molecular weight excluding hydrogens is 445 g/mol. The van der Waals surface area contributed by atoms with E-state index in [9.17, 15) is 26.4 Å². The average Bonchev–Trinajstić information content (AvgIpc) is 2.77. The Balaban J connectivity index is 1.46. The number of piperidine rings is 1. The van der Waals surface area contributed by atoms with Crippen LogP contribution in [-0.2, 0) is 21.4 Å². The summed E-state index contributed by atoms with van der Waals surface area (Å²) in [5.41, 5.74) is 1.40. The first-order valence-corrected chi connectivity index (χ1v) is 11.5. The Labute approximate surface area is 184 Å². The fourth-order valence-electron chi connectivity index (χ4n) is 3.33. The average molecular weight is 468 g/mol. The Morgan fingerprint density at radius 2 is 1.69 bits per heavy atom. The second kappa shape index (κ2) is 10.2. The van der Waals surface area contributed by atoms with E-state index in [1.54, 1.807) is 18.2 Å². The van der Waals surface area contributed by atoms with Crippen LogP contribution in [0.25, 0.3) is 6.08 Å². The molecule has 0 spiro atoms. The number of sulfonamides is 1. The summed E-state index contributed by atoms with van der Waals surface area (Å²) in [6.45, 7) is 0.634. The predicted octanol–water partition coefficient (Wildman–Crippen LogP) is 3.91. The number of nitrogens with zero attached hydrogens (tertiary/aromatic N) is 1. The molecule has 6 nitrogen and oxygen atoms in total. The standard InChI is InChI=1S/C22H23F3N2O4S/c23-22(24,25)31-20-8-6-18(7-9-20)16-26-21(28)19-10-13-27(14-11-19)32(29,30)15-12-17-4-2-1-3-5-17/h1-9,12,15,19H,10-11,13-14,16H2,(H,26,28). The molecule has 1 fully saturated rings. The number of ether oxygens (including phenoxy) is 1. The van der Waals surface area contributed by atoms with Crippen molar-refractivity contribution in [2.75, 3.05) is 13.1 Å². The Hall–Kier alpha value is -2.85. The van der Waals surface area contributed by atoms with Crippen LogP contribution in [0.15, 0.2) is 60.0 Å². The summed E-state index contributed by atoms with van der Waals surface area (Å²) in [6, 6.07) is 14.3. The van der Waals surface area contributed by atoms with Crippen LogP contribution in [0.3, 0.4) is 0 Å². The van der Waals surface area contributed by atoms with Gasteiger partial charge in [0.1, 0.15) is 5.75 Å². The topological polar surface area (TPSA) is 75.7 Å². The Kier molecular flexibility index (Phi) is 7.57. The fraction of sp³-hybridized carbons (Fsp3) is 0.318. The minimum atomic E-state index is -4.75. The van der Waals surface area contributed by atoms with Crippen molar-refractivity contribution in [1.82, 2.24) is 9.62 Å². The van der Waals surface area contributed by atoms with Crippen LogP contribution in [-0.4, -0.2) is 38.1 Å². The van der Waals surface area contributed by atoms with Crippen molar-refractivity contribution in [1.29, 1.82) is 0 Å². The van der Waals surface area contributed by atoms with Crippen molar-refractivity contribution < 1.29 is 31.1 Å². The van der Waals surface area contributed by atoms with Crippen LogP contribution in [0, 0.1) is 5.92 Å². The van der Waals surface area contributed by atoms with Crippen LogP contribution < -0.4 is 10.1 Å². The van der Waals surface area contributed by atoms with Gasteiger partial charge in [-0.1, -0.05) is 42.5 Å². The van der Waals surface area contributed by atoms with Gasteiger partial charge in [0.25, 0.3) is 0 Å². The lowest BCUT2D eigenvalue weighted by Crippen LogP contribution is -2.42. The van der Waals surface area contributed by atoms with Gasteiger partial charge < -0.3 is 10.1 Å². The molecular formula is C22H23F3N2O4S. The summed E-state index contributed by atoms with van der Waals surface area (Å²) in [5, 5.41) is 3.93. The number of rotatable bonds is 7. The summed E-state index contributed by atoms with van der Waals surface area (Å²) in [4.78, 5) is 12.4. The second-order valence-corrected chi connectivity index (χ2v) is 9.16. The molecule has 10 heteroatoms. The van der Waals surface area contributed by atoms with Gasteiger partial charge in [-0.05, 0) is 42.2 Å². The SMILES string of the molecule is O=C(NCc1ccc(OC(F)(F)F)cc1)C1CCN(S(=O)(=O)C=Cc2ccccc2)CC1. The molecule has 1 aliphatic heterocycles. The van der Waals surface area contributed by atoms with Gasteiger partial charge >= 0.3 is 6.36 Å². The summed E-state index contributed by atoms with van der Waals surface area (Å²) in [7, 11) is -3.57. The molecule has 0 bridgehead atoms. The van der Waals surface area contributed by atoms with Crippen LogP contribution in [0.2, 0.25) is 0 Å². The number of carbonyl (C=O) groups excluding carboxylic acids is 1. The molecule has 1 N–H and O–H groups in total. The largest absolute Gasteiger partial charge is 0.573 e. The minimum Gasteiger partial charge on any atom is -0.406 e. The molecule has 1 aliphatic rings. The molecule has 3 rings (SSSR count). The monoisotopic (exact) mass is 468 g/mol. The molecule has 2 aromatic rings.